The smallest absolute Gasteiger partial charge is 0.122 e. The van der Waals surface area contributed by atoms with Gasteiger partial charge in [-0.3, -0.25) is 0 Å². The summed E-state index contributed by atoms with van der Waals surface area (Å²) in [6.07, 6.45) is 4.28. The molecule has 132 valence electrons. The fourth-order valence-electron chi connectivity index (χ4n) is 3.15. The van der Waals surface area contributed by atoms with Gasteiger partial charge in [-0.1, -0.05) is 83.9 Å². The number of rotatable bonds is 6. The van der Waals surface area contributed by atoms with Gasteiger partial charge in [-0.2, -0.15) is 0 Å². The Morgan fingerprint density at radius 1 is 0.769 bits per heavy atom. The van der Waals surface area contributed by atoms with E-state index in [0.29, 0.717) is 0 Å². The zero-order valence-electron chi connectivity index (χ0n) is 15.8. The Bertz CT molecular complexity index is 823. The summed E-state index contributed by atoms with van der Waals surface area (Å²) in [7, 11) is 1.73. The Labute approximate surface area is 157 Å². The quantitative estimate of drug-likeness (QED) is 0.505. The van der Waals surface area contributed by atoms with E-state index >= 15 is 0 Å². The third kappa shape index (κ3) is 4.43. The van der Waals surface area contributed by atoms with E-state index in [9.17, 15) is 0 Å². The number of ether oxygens (including phenoxy) is 1. The lowest BCUT2D eigenvalue weighted by atomic mass is 9.94. The number of aryl methyl sites for hydroxylation is 3. The van der Waals surface area contributed by atoms with Crippen molar-refractivity contribution in [3.05, 3.63) is 107 Å². The summed E-state index contributed by atoms with van der Waals surface area (Å²) in [5, 5.41) is 0. The molecule has 26 heavy (non-hydrogen) atoms. The van der Waals surface area contributed by atoms with Crippen molar-refractivity contribution in [1.82, 2.24) is 0 Å². The molecular formula is C25H26O. The molecule has 1 nitrogen and oxygen atoms in total. The van der Waals surface area contributed by atoms with Crippen LogP contribution in [-0.2, 0) is 6.42 Å². The Morgan fingerprint density at radius 2 is 1.31 bits per heavy atom. The van der Waals surface area contributed by atoms with E-state index in [1.54, 1.807) is 7.11 Å². The summed E-state index contributed by atoms with van der Waals surface area (Å²) in [6.45, 7) is 4.25. The molecule has 0 aliphatic rings. The Balaban J connectivity index is 1.88. The van der Waals surface area contributed by atoms with Crippen LogP contribution in [0.15, 0.2) is 78.9 Å². The predicted octanol–water partition coefficient (Wildman–Crippen LogP) is 6.38. The largest absolute Gasteiger partial charge is 0.496 e. The highest BCUT2D eigenvalue weighted by molar-refractivity contribution is 5.80. The first-order valence-corrected chi connectivity index (χ1v) is 9.13. The second-order valence-corrected chi connectivity index (χ2v) is 6.70. The summed E-state index contributed by atoms with van der Waals surface area (Å²) in [5.41, 5.74) is 7.63. The van der Waals surface area contributed by atoms with Gasteiger partial charge in [-0.15, -0.1) is 0 Å². The topological polar surface area (TPSA) is 9.23 Å². The van der Waals surface area contributed by atoms with Crippen molar-refractivity contribution in [2.24, 2.45) is 0 Å². The average molecular weight is 342 g/mol. The van der Waals surface area contributed by atoms with Crippen molar-refractivity contribution in [2.75, 3.05) is 7.11 Å². The van der Waals surface area contributed by atoms with Crippen molar-refractivity contribution < 1.29 is 4.74 Å². The predicted molar refractivity (Wildman–Crippen MR) is 111 cm³/mol. The zero-order chi connectivity index (χ0) is 18.4. The minimum Gasteiger partial charge on any atom is -0.496 e. The first-order chi connectivity index (χ1) is 12.7. The number of hydrogen-bond donors (Lipinski definition) is 0. The van der Waals surface area contributed by atoms with Crippen LogP contribution in [0.1, 0.15) is 34.2 Å². The first kappa shape index (κ1) is 18.0. The molecule has 1 heteroatoms. The van der Waals surface area contributed by atoms with Crippen LogP contribution in [-0.4, -0.2) is 7.11 Å². The summed E-state index contributed by atoms with van der Waals surface area (Å²) >= 11 is 0. The molecule has 0 spiro atoms. The third-order valence-corrected chi connectivity index (χ3v) is 4.68. The third-order valence-electron chi connectivity index (χ3n) is 4.68. The summed E-state index contributed by atoms with van der Waals surface area (Å²) in [4.78, 5) is 0. The number of hydrogen-bond acceptors (Lipinski definition) is 1. The molecule has 0 aromatic heterocycles. The molecule has 0 saturated carbocycles. The molecule has 3 aromatic rings. The second kappa shape index (κ2) is 8.53. The highest BCUT2D eigenvalue weighted by atomic mass is 16.5. The molecule has 0 heterocycles. The molecule has 0 atom stereocenters. The lowest BCUT2D eigenvalue weighted by molar-refractivity contribution is 0.409. The minimum absolute atomic E-state index is 0.964. The van der Waals surface area contributed by atoms with Crippen LogP contribution in [0.4, 0.5) is 0 Å². The Morgan fingerprint density at radius 3 is 1.85 bits per heavy atom. The standard InChI is InChI=1S/C25H26O/c1-19-11-15-21(16-12-19)24(22-17-13-20(2)14-18-22)9-6-8-23-7-4-5-10-25(23)26-3/h4-5,7,9-18H,6,8H2,1-3H3. The molecule has 0 aliphatic heterocycles. The van der Waals surface area contributed by atoms with Crippen LogP contribution in [0.25, 0.3) is 5.57 Å². The van der Waals surface area contributed by atoms with Crippen LogP contribution in [0, 0.1) is 13.8 Å². The van der Waals surface area contributed by atoms with Gasteiger partial charge in [0.05, 0.1) is 7.11 Å². The van der Waals surface area contributed by atoms with Gasteiger partial charge in [0, 0.05) is 0 Å². The van der Waals surface area contributed by atoms with Gasteiger partial charge in [0.25, 0.3) is 0 Å². The van der Waals surface area contributed by atoms with Gasteiger partial charge in [-0.05, 0) is 55.0 Å². The van der Waals surface area contributed by atoms with Crippen LogP contribution < -0.4 is 4.74 Å². The van der Waals surface area contributed by atoms with Crippen LogP contribution in [0.5, 0.6) is 5.75 Å². The fourth-order valence-corrected chi connectivity index (χ4v) is 3.15. The number of benzene rings is 3. The van der Waals surface area contributed by atoms with E-state index in [-0.39, 0.29) is 0 Å². The van der Waals surface area contributed by atoms with Crippen molar-refractivity contribution in [1.29, 1.82) is 0 Å². The zero-order valence-corrected chi connectivity index (χ0v) is 15.8. The molecule has 3 rings (SSSR count). The number of allylic oxidation sites excluding steroid dienone is 1. The monoisotopic (exact) mass is 342 g/mol. The van der Waals surface area contributed by atoms with Gasteiger partial charge in [0.1, 0.15) is 5.75 Å². The van der Waals surface area contributed by atoms with Crippen LogP contribution in [0.2, 0.25) is 0 Å². The Hall–Kier alpha value is -2.80. The molecule has 0 fully saturated rings. The van der Waals surface area contributed by atoms with E-state index in [0.717, 1.165) is 18.6 Å². The van der Waals surface area contributed by atoms with Gasteiger partial charge < -0.3 is 4.74 Å². The molecule has 0 bridgehead atoms. The average Bonchev–Trinajstić information content (AvgIpc) is 2.67. The summed E-state index contributed by atoms with van der Waals surface area (Å²) in [6, 6.07) is 25.8. The Kier molecular flexibility index (Phi) is 5.91. The molecular weight excluding hydrogens is 316 g/mol. The highest BCUT2D eigenvalue weighted by Crippen LogP contribution is 2.26. The summed E-state index contributed by atoms with van der Waals surface area (Å²) < 4.78 is 5.48. The molecule has 3 aromatic carbocycles. The van der Waals surface area contributed by atoms with Gasteiger partial charge in [-0.25, -0.2) is 0 Å². The SMILES string of the molecule is COc1ccccc1CCC=C(c1ccc(C)cc1)c1ccc(C)cc1. The molecule has 0 saturated heterocycles. The maximum Gasteiger partial charge on any atom is 0.122 e. The van der Waals surface area contributed by atoms with E-state index in [1.165, 1.54) is 33.4 Å². The fraction of sp³-hybridized carbons (Fsp3) is 0.200. The maximum absolute atomic E-state index is 5.48. The molecule has 0 radical (unpaired) electrons. The normalized spacial score (nSPS) is 10.4. The highest BCUT2D eigenvalue weighted by Gasteiger charge is 2.06. The van der Waals surface area contributed by atoms with Crippen LogP contribution in [0.3, 0.4) is 0 Å². The van der Waals surface area contributed by atoms with Crippen LogP contribution >= 0.6 is 0 Å². The molecule has 0 aliphatic carbocycles. The number of para-hydroxylation sites is 1. The minimum atomic E-state index is 0.964. The lowest BCUT2D eigenvalue weighted by Crippen LogP contribution is -1.93. The second-order valence-electron chi connectivity index (χ2n) is 6.70. The van der Waals surface area contributed by atoms with E-state index in [1.807, 2.05) is 12.1 Å². The van der Waals surface area contributed by atoms with Crippen molar-refractivity contribution >= 4 is 5.57 Å². The van der Waals surface area contributed by atoms with Gasteiger partial charge in [0.15, 0.2) is 0 Å². The van der Waals surface area contributed by atoms with Gasteiger partial charge in [0.2, 0.25) is 0 Å². The molecule has 0 amide bonds. The molecule has 0 unspecified atom stereocenters. The van der Waals surface area contributed by atoms with E-state index < -0.39 is 0 Å². The van der Waals surface area contributed by atoms with Crippen molar-refractivity contribution in [2.45, 2.75) is 26.7 Å². The van der Waals surface area contributed by atoms with Crippen molar-refractivity contribution in [3.8, 4) is 5.75 Å². The maximum atomic E-state index is 5.48. The van der Waals surface area contributed by atoms with E-state index in [2.05, 4.69) is 80.6 Å². The van der Waals surface area contributed by atoms with Gasteiger partial charge >= 0.3 is 0 Å². The first-order valence-electron chi connectivity index (χ1n) is 9.13. The number of methoxy groups -OCH3 is 1. The van der Waals surface area contributed by atoms with Crippen molar-refractivity contribution in [3.63, 3.8) is 0 Å². The lowest BCUT2D eigenvalue weighted by Gasteiger charge is -2.11. The summed E-state index contributed by atoms with van der Waals surface area (Å²) in [5.74, 6) is 0.966. The molecule has 0 N–H and O–H groups in total. The van der Waals surface area contributed by atoms with E-state index in [4.69, 9.17) is 4.74 Å².